The molecule has 0 fully saturated rings. The SMILES string of the molecule is C.CC.Cc1noc(-c2cc(Cl)c(OCc3ccccc3)cc2OCc2ccccc2)c1-c1cccc(C=O)c1. The molecule has 206 valence electrons. The number of ether oxygens (including phenoxy) is 2. The highest BCUT2D eigenvalue weighted by molar-refractivity contribution is 6.32. The topological polar surface area (TPSA) is 61.6 Å². The molecular formula is C34H34ClNO4. The Kier molecular flexibility index (Phi) is 11.1. The third kappa shape index (κ3) is 7.19. The first-order valence-electron chi connectivity index (χ1n) is 12.8. The second-order valence-electron chi connectivity index (χ2n) is 8.54. The van der Waals surface area contributed by atoms with E-state index in [1.807, 2.05) is 93.6 Å². The molecule has 5 rings (SSSR count). The van der Waals surface area contributed by atoms with Crippen LogP contribution in [-0.4, -0.2) is 11.4 Å². The monoisotopic (exact) mass is 555 g/mol. The van der Waals surface area contributed by atoms with E-state index in [4.69, 9.17) is 25.6 Å². The lowest BCUT2D eigenvalue weighted by molar-refractivity contribution is 0.112. The minimum absolute atomic E-state index is 0. The maximum Gasteiger partial charge on any atom is 0.178 e. The molecule has 0 N–H and O–H groups in total. The number of halogens is 1. The van der Waals surface area contributed by atoms with Gasteiger partial charge in [-0.15, -0.1) is 0 Å². The second-order valence-corrected chi connectivity index (χ2v) is 8.95. The molecule has 5 nitrogen and oxygen atoms in total. The molecule has 4 aromatic carbocycles. The van der Waals surface area contributed by atoms with Crippen LogP contribution in [0.1, 0.15) is 48.5 Å². The molecule has 0 radical (unpaired) electrons. The molecule has 0 saturated heterocycles. The number of carbonyl (C=O) groups excluding carboxylic acids is 1. The first-order chi connectivity index (χ1) is 19.1. The Morgan fingerprint density at radius 3 is 2.00 bits per heavy atom. The van der Waals surface area contributed by atoms with Gasteiger partial charge in [-0.05, 0) is 35.7 Å². The van der Waals surface area contributed by atoms with Gasteiger partial charge >= 0.3 is 0 Å². The standard InChI is InChI=1S/C31H24ClNO4.C2H6.CH4/c1-21-30(25-14-8-13-24(15-25)18-34)31(37-33-21)26-16-27(32)29(36-20-23-11-6-3-7-12-23)17-28(26)35-19-22-9-4-2-5-10-22;1-2;/h2-18H,19-20H2,1H3;1-2H3;1H4. The molecule has 1 heterocycles. The summed E-state index contributed by atoms with van der Waals surface area (Å²) in [5.41, 5.74) is 5.51. The van der Waals surface area contributed by atoms with Crippen LogP contribution in [0.5, 0.6) is 11.5 Å². The molecule has 0 bridgehead atoms. The van der Waals surface area contributed by atoms with E-state index in [1.165, 1.54) is 0 Å². The van der Waals surface area contributed by atoms with Crippen molar-refractivity contribution in [2.45, 2.75) is 41.4 Å². The fraction of sp³-hybridized carbons (Fsp3) is 0.176. The molecular weight excluding hydrogens is 522 g/mol. The van der Waals surface area contributed by atoms with Gasteiger partial charge in [-0.3, -0.25) is 4.79 Å². The zero-order valence-corrected chi connectivity index (χ0v) is 22.9. The lowest BCUT2D eigenvalue weighted by Crippen LogP contribution is -2.00. The molecule has 5 aromatic rings. The lowest BCUT2D eigenvalue weighted by atomic mass is 9.98. The summed E-state index contributed by atoms with van der Waals surface area (Å²) in [5, 5.41) is 4.64. The van der Waals surface area contributed by atoms with Crippen molar-refractivity contribution >= 4 is 17.9 Å². The van der Waals surface area contributed by atoms with Gasteiger partial charge in [0.05, 0.1) is 21.8 Å². The molecule has 6 heteroatoms. The van der Waals surface area contributed by atoms with Crippen molar-refractivity contribution in [2.24, 2.45) is 0 Å². The summed E-state index contributed by atoms with van der Waals surface area (Å²) in [6.07, 6.45) is 0.816. The summed E-state index contributed by atoms with van der Waals surface area (Å²) < 4.78 is 18.2. The average Bonchev–Trinajstić information content (AvgIpc) is 3.38. The maximum atomic E-state index is 11.4. The summed E-state index contributed by atoms with van der Waals surface area (Å²) in [6, 6.07) is 30.6. The van der Waals surface area contributed by atoms with Crippen LogP contribution in [0.2, 0.25) is 5.02 Å². The van der Waals surface area contributed by atoms with Crippen molar-refractivity contribution in [2.75, 3.05) is 0 Å². The predicted octanol–water partition coefficient (Wildman–Crippen LogP) is 9.60. The number of rotatable bonds is 9. The van der Waals surface area contributed by atoms with Crippen LogP contribution in [0, 0.1) is 6.92 Å². The minimum atomic E-state index is 0. The first kappa shape index (κ1) is 30.2. The zero-order chi connectivity index (χ0) is 27.6. The van der Waals surface area contributed by atoms with Crippen molar-refractivity contribution in [3.8, 4) is 33.9 Å². The number of carbonyl (C=O) groups is 1. The van der Waals surface area contributed by atoms with Crippen LogP contribution in [0.3, 0.4) is 0 Å². The molecule has 1 aromatic heterocycles. The Morgan fingerprint density at radius 2 is 1.40 bits per heavy atom. The van der Waals surface area contributed by atoms with E-state index in [0.29, 0.717) is 52.3 Å². The molecule has 0 atom stereocenters. The number of benzene rings is 4. The number of aromatic nitrogens is 1. The van der Waals surface area contributed by atoms with Gasteiger partial charge in [0, 0.05) is 11.6 Å². The van der Waals surface area contributed by atoms with E-state index >= 15 is 0 Å². The van der Waals surface area contributed by atoms with Gasteiger partial charge in [0.25, 0.3) is 0 Å². The predicted molar refractivity (Wildman–Crippen MR) is 162 cm³/mol. The Bertz CT molecular complexity index is 1510. The van der Waals surface area contributed by atoms with Gasteiger partial charge in [0.1, 0.15) is 31.0 Å². The third-order valence-corrected chi connectivity index (χ3v) is 6.22. The lowest BCUT2D eigenvalue weighted by Gasteiger charge is -2.15. The highest BCUT2D eigenvalue weighted by Gasteiger charge is 2.23. The maximum absolute atomic E-state index is 11.4. The summed E-state index contributed by atoms with van der Waals surface area (Å²) in [5.74, 6) is 1.54. The molecule has 0 saturated carbocycles. The molecule has 0 amide bonds. The number of hydrogen-bond acceptors (Lipinski definition) is 5. The van der Waals surface area contributed by atoms with Crippen molar-refractivity contribution < 1.29 is 18.8 Å². The average molecular weight is 556 g/mol. The van der Waals surface area contributed by atoms with E-state index < -0.39 is 0 Å². The summed E-state index contributed by atoms with van der Waals surface area (Å²) >= 11 is 6.70. The van der Waals surface area contributed by atoms with Gasteiger partial charge in [0.15, 0.2) is 5.76 Å². The minimum Gasteiger partial charge on any atom is -0.488 e. The molecule has 0 unspecified atom stereocenters. The summed E-state index contributed by atoms with van der Waals surface area (Å²) in [6.45, 7) is 6.57. The van der Waals surface area contributed by atoms with Crippen molar-refractivity contribution in [3.05, 3.63) is 124 Å². The van der Waals surface area contributed by atoms with E-state index in [-0.39, 0.29) is 7.43 Å². The Labute approximate surface area is 241 Å². The summed E-state index contributed by atoms with van der Waals surface area (Å²) in [7, 11) is 0. The Hall–Kier alpha value is -4.35. The normalized spacial score (nSPS) is 10.1. The quantitative estimate of drug-likeness (QED) is 0.169. The fourth-order valence-corrected chi connectivity index (χ4v) is 4.29. The smallest absolute Gasteiger partial charge is 0.178 e. The Morgan fingerprint density at radius 1 is 0.800 bits per heavy atom. The van der Waals surface area contributed by atoms with Crippen LogP contribution < -0.4 is 9.47 Å². The summed E-state index contributed by atoms with van der Waals surface area (Å²) in [4.78, 5) is 11.4. The fourth-order valence-electron chi connectivity index (χ4n) is 4.07. The largest absolute Gasteiger partial charge is 0.488 e. The zero-order valence-electron chi connectivity index (χ0n) is 22.2. The molecule has 0 spiro atoms. The van der Waals surface area contributed by atoms with Gasteiger partial charge in [-0.2, -0.15) is 0 Å². The van der Waals surface area contributed by atoms with Gasteiger partial charge < -0.3 is 14.0 Å². The van der Waals surface area contributed by atoms with Gasteiger partial charge in [0.2, 0.25) is 0 Å². The van der Waals surface area contributed by atoms with Crippen molar-refractivity contribution in [3.63, 3.8) is 0 Å². The van der Waals surface area contributed by atoms with Crippen LogP contribution in [0.4, 0.5) is 0 Å². The molecule has 0 aliphatic carbocycles. The van der Waals surface area contributed by atoms with Crippen LogP contribution in [-0.2, 0) is 13.2 Å². The van der Waals surface area contributed by atoms with Crippen LogP contribution >= 0.6 is 11.6 Å². The van der Waals surface area contributed by atoms with Crippen molar-refractivity contribution in [1.82, 2.24) is 5.16 Å². The van der Waals surface area contributed by atoms with Crippen LogP contribution in [0.25, 0.3) is 22.5 Å². The Balaban J connectivity index is 0.00000144. The van der Waals surface area contributed by atoms with E-state index in [1.54, 1.807) is 24.3 Å². The number of aryl methyl sites for hydroxylation is 1. The molecule has 40 heavy (non-hydrogen) atoms. The van der Waals surface area contributed by atoms with E-state index in [0.717, 1.165) is 28.5 Å². The van der Waals surface area contributed by atoms with Crippen molar-refractivity contribution in [1.29, 1.82) is 0 Å². The van der Waals surface area contributed by atoms with E-state index in [9.17, 15) is 4.79 Å². The highest BCUT2D eigenvalue weighted by Crippen LogP contribution is 2.44. The van der Waals surface area contributed by atoms with E-state index in [2.05, 4.69) is 5.16 Å². The van der Waals surface area contributed by atoms with Gasteiger partial charge in [-0.1, -0.05) is 117 Å². The molecule has 0 aliphatic rings. The first-order valence-corrected chi connectivity index (χ1v) is 13.2. The highest BCUT2D eigenvalue weighted by atomic mass is 35.5. The second kappa shape index (κ2) is 14.7. The number of aldehydes is 1. The number of hydrogen-bond donors (Lipinski definition) is 0. The van der Waals surface area contributed by atoms with Crippen LogP contribution in [0.15, 0.2) is 102 Å². The number of nitrogens with zero attached hydrogens (tertiary/aromatic N) is 1. The molecule has 0 aliphatic heterocycles. The van der Waals surface area contributed by atoms with Gasteiger partial charge in [-0.25, -0.2) is 0 Å². The third-order valence-electron chi connectivity index (χ3n) is 5.93.